The Bertz CT molecular complexity index is 304. The summed E-state index contributed by atoms with van der Waals surface area (Å²) in [5.41, 5.74) is 0.773. The Morgan fingerprint density at radius 3 is 2.43 bits per heavy atom. The molecule has 0 N–H and O–H groups in total. The zero-order valence-corrected chi connectivity index (χ0v) is 8.02. The summed E-state index contributed by atoms with van der Waals surface area (Å²) in [6.07, 6.45) is 0. The molecule has 1 amide bonds. The summed E-state index contributed by atoms with van der Waals surface area (Å²) in [6.45, 7) is 3.07. The highest BCUT2D eigenvalue weighted by Gasteiger charge is 2.13. The first kappa shape index (κ1) is 9.21. The number of piperazine rings is 1. The van der Waals surface area contributed by atoms with Crippen LogP contribution in [-0.4, -0.2) is 37.0 Å². The number of carbonyl (C=O) groups is 1. The van der Waals surface area contributed by atoms with Crippen molar-refractivity contribution in [2.45, 2.75) is 0 Å². The maximum Gasteiger partial charge on any atom is 0.253 e. The van der Waals surface area contributed by atoms with E-state index in [1.807, 2.05) is 35.2 Å². The molecule has 1 fully saturated rings. The predicted molar refractivity (Wildman–Crippen MR) is 55.4 cm³/mol. The average molecular weight is 189 g/mol. The second kappa shape index (κ2) is 4.24. The Kier molecular flexibility index (Phi) is 2.79. The molecule has 0 saturated carbocycles. The third-order valence-corrected chi connectivity index (χ3v) is 2.36. The molecule has 0 spiro atoms. The van der Waals surface area contributed by atoms with Gasteiger partial charge in [0.1, 0.15) is 0 Å². The van der Waals surface area contributed by atoms with Crippen molar-refractivity contribution >= 4 is 5.91 Å². The highest BCUT2D eigenvalue weighted by molar-refractivity contribution is 5.94. The second-order valence-corrected chi connectivity index (χ2v) is 3.33. The van der Waals surface area contributed by atoms with Gasteiger partial charge in [-0.3, -0.25) is 4.79 Å². The first-order valence-electron chi connectivity index (χ1n) is 4.85. The minimum atomic E-state index is 0.125. The van der Waals surface area contributed by atoms with E-state index in [9.17, 15) is 4.79 Å². The van der Waals surface area contributed by atoms with Crippen LogP contribution in [-0.2, 0) is 0 Å². The summed E-state index contributed by atoms with van der Waals surface area (Å²) in [4.78, 5) is 13.7. The lowest BCUT2D eigenvalue weighted by Gasteiger charge is -2.35. The van der Waals surface area contributed by atoms with Crippen LogP contribution in [0.25, 0.3) is 5.32 Å². The molecular formula is C11H13N2O-. The summed E-state index contributed by atoms with van der Waals surface area (Å²) in [5, 5.41) is 4.21. The van der Waals surface area contributed by atoms with E-state index >= 15 is 0 Å². The van der Waals surface area contributed by atoms with E-state index in [-0.39, 0.29) is 5.91 Å². The SMILES string of the molecule is O=C(c1ccccc1)N1CC[N-]CC1. The van der Waals surface area contributed by atoms with Crippen molar-refractivity contribution in [1.82, 2.24) is 4.90 Å². The number of rotatable bonds is 1. The number of benzene rings is 1. The Hall–Kier alpha value is -1.35. The van der Waals surface area contributed by atoms with Gasteiger partial charge in [-0.25, -0.2) is 0 Å². The quantitative estimate of drug-likeness (QED) is 0.659. The third kappa shape index (κ3) is 1.93. The number of nitrogens with zero attached hydrogens (tertiary/aromatic N) is 2. The maximum absolute atomic E-state index is 11.9. The van der Waals surface area contributed by atoms with Crippen LogP contribution in [0.5, 0.6) is 0 Å². The molecule has 74 valence electrons. The molecule has 3 nitrogen and oxygen atoms in total. The highest BCUT2D eigenvalue weighted by Crippen LogP contribution is 2.08. The van der Waals surface area contributed by atoms with E-state index < -0.39 is 0 Å². The molecule has 1 saturated heterocycles. The van der Waals surface area contributed by atoms with Crippen molar-refractivity contribution in [2.75, 3.05) is 26.2 Å². The molecule has 0 aliphatic carbocycles. The van der Waals surface area contributed by atoms with E-state index in [0.29, 0.717) is 0 Å². The average Bonchev–Trinajstić information content (AvgIpc) is 2.30. The zero-order valence-electron chi connectivity index (χ0n) is 8.02. The summed E-state index contributed by atoms with van der Waals surface area (Å²) in [7, 11) is 0. The van der Waals surface area contributed by atoms with Crippen LogP contribution in [0.15, 0.2) is 30.3 Å². The summed E-state index contributed by atoms with van der Waals surface area (Å²) < 4.78 is 0. The van der Waals surface area contributed by atoms with Gasteiger partial charge in [-0.2, -0.15) is 0 Å². The van der Waals surface area contributed by atoms with Gasteiger partial charge in [-0.1, -0.05) is 18.2 Å². The lowest BCUT2D eigenvalue weighted by molar-refractivity contribution is 0.0758. The van der Waals surface area contributed by atoms with E-state index in [2.05, 4.69) is 5.32 Å². The van der Waals surface area contributed by atoms with E-state index in [1.165, 1.54) is 0 Å². The van der Waals surface area contributed by atoms with Gasteiger partial charge in [0.15, 0.2) is 0 Å². The van der Waals surface area contributed by atoms with E-state index in [1.54, 1.807) is 0 Å². The standard InChI is InChI=1S/C11H13N2O/c14-11(10-4-2-1-3-5-10)13-8-6-12-7-9-13/h1-5H,6-9H2/q-1. The lowest BCUT2D eigenvalue weighted by Crippen LogP contribution is -2.38. The smallest absolute Gasteiger partial charge is 0.253 e. The van der Waals surface area contributed by atoms with E-state index in [4.69, 9.17) is 0 Å². The predicted octanol–water partition coefficient (Wildman–Crippen LogP) is 1.52. The van der Waals surface area contributed by atoms with Gasteiger partial charge in [0, 0.05) is 18.7 Å². The van der Waals surface area contributed by atoms with Crippen LogP contribution in [0, 0.1) is 0 Å². The highest BCUT2D eigenvalue weighted by atomic mass is 16.2. The number of carbonyl (C=O) groups excluding carboxylic acids is 1. The fourth-order valence-corrected chi connectivity index (χ4v) is 1.57. The molecule has 0 aromatic heterocycles. The first-order valence-corrected chi connectivity index (χ1v) is 4.85. The molecule has 0 atom stereocenters. The third-order valence-electron chi connectivity index (χ3n) is 2.36. The molecular weight excluding hydrogens is 176 g/mol. The first-order chi connectivity index (χ1) is 6.88. The van der Waals surface area contributed by atoms with Gasteiger partial charge in [-0.15, -0.1) is 13.1 Å². The minimum Gasteiger partial charge on any atom is -0.659 e. The van der Waals surface area contributed by atoms with Crippen LogP contribution in [0.1, 0.15) is 10.4 Å². The van der Waals surface area contributed by atoms with Gasteiger partial charge >= 0.3 is 0 Å². The number of hydrogen-bond donors (Lipinski definition) is 0. The molecule has 1 aliphatic heterocycles. The Morgan fingerprint density at radius 1 is 1.14 bits per heavy atom. The zero-order chi connectivity index (χ0) is 9.80. The minimum absolute atomic E-state index is 0.125. The Labute approximate surface area is 83.7 Å². The van der Waals surface area contributed by atoms with Crippen LogP contribution in [0.3, 0.4) is 0 Å². The van der Waals surface area contributed by atoms with Crippen LogP contribution in [0.4, 0.5) is 0 Å². The Balaban J connectivity index is 2.07. The Morgan fingerprint density at radius 2 is 1.79 bits per heavy atom. The molecule has 3 heteroatoms. The fourth-order valence-electron chi connectivity index (χ4n) is 1.57. The second-order valence-electron chi connectivity index (χ2n) is 3.33. The van der Waals surface area contributed by atoms with Gasteiger partial charge in [0.25, 0.3) is 5.91 Å². The molecule has 1 aromatic carbocycles. The van der Waals surface area contributed by atoms with Crippen LogP contribution in [0.2, 0.25) is 0 Å². The van der Waals surface area contributed by atoms with Crippen molar-refractivity contribution in [3.63, 3.8) is 0 Å². The molecule has 1 aliphatic rings. The van der Waals surface area contributed by atoms with Crippen molar-refractivity contribution in [3.8, 4) is 0 Å². The van der Waals surface area contributed by atoms with Gasteiger partial charge in [0.2, 0.25) is 0 Å². The molecule has 1 aromatic rings. The van der Waals surface area contributed by atoms with Crippen molar-refractivity contribution < 1.29 is 4.79 Å². The number of hydrogen-bond acceptors (Lipinski definition) is 1. The molecule has 1 heterocycles. The molecule has 14 heavy (non-hydrogen) atoms. The topological polar surface area (TPSA) is 34.4 Å². The monoisotopic (exact) mass is 189 g/mol. The molecule has 0 radical (unpaired) electrons. The molecule has 2 rings (SSSR count). The van der Waals surface area contributed by atoms with Crippen molar-refractivity contribution in [2.24, 2.45) is 0 Å². The van der Waals surface area contributed by atoms with Gasteiger partial charge in [-0.05, 0) is 12.1 Å². The van der Waals surface area contributed by atoms with Crippen molar-refractivity contribution in [1.29, 1.82) is 0 Å². The fraction of sp³-hybridized carbons (Fsp3) is 0.364. The summed E-state index contributed by atoms with van der Waals surface area (Å²) in [5.74, 6) is 0.125. The van der Waals surface area contributed by atoms with Gasteiger partial charge < -0.3 is 10.2 Å². The molecule has 0 unspecified atom stereocenters. The lowest BCUT2D eigenvalue weighted by atomic mass is 10.2. The maximum atomic E-state index is 11.9. The van der Waals surface area contributed by atoms with E-state index in [0.717, 1.165) is 31.7 Å². The largest absolute Gasteiger partial charge is 0.659 e. The van der Waals surface area contributed by atoms with Gasteiger partial charge in [0.05, 0.1) is 0 Å². The molecule has 0 bridgehead atoms. The normalized spacial score (nSPS) is 16.7. The summed E-state index contributed by atoms with van der Waals surface area (Å²) >= 11 is 0. The summed E-state index contributed by atoms with van der Waals surface area (Å²) in [6, 6.07) is 9.41. The van der Waals surface area contributed by atoms with Crippen LogP contribution >= 0.6 is 0 Å². The van der Waals surface area contributed by atoms with Crippen molar-refractivity contribution in [3.05, 3.63) is 41.2 Å². The van der Waals surface area contributed by atoms with Crippen LogP contribution < -0.4 is 0 Å². The number of amides is 1.